The highest BCUT2D eigenvalue weighted by Crippen LogP contribution is 2.66. The smallest absolute Gasteiger partial charge is 0.257 e. The summed E-state index contributed by atoms with van der Waals surface area (Å²) in [4.78, 5) is 19.1. The quantitative estimate of drug-likeness (QED) is 0.518. The first-order valence-electron chi connectivity index (χ1n) is 12.0. The molecule has 6 aliphatic rings. The topological polar surface area (TPSA) is 32.8 Å². The van der Waals surface area contributed by atoms with E-state index in [-0.39, 0.29) is 23.5 Å². The zero-order valence-corrected chi connectivity index (χ0v) is 18.0. The van der Waals surface area contributed by atoms with Crippen LogP contribution in [0.5, 0.6) is 0 Å². The minimum Gasteiger partial charge on any atom is -0.369 e. The molecule has 2 aromatic carbocycles. The maximum Gasteiger partial charge on any atom is 0.257 e. The number of piperidine rings is 2. The molecule has 5 heterocycles. The molecule has 1 saturated carbocycles. The Hall–Kier alpha value is -2.69. The van der Waals surface area contributed by atoms with E-state index in [0.717, 1.165) is 36.3 Å². The zero-order valence-electron chi connectivity index (χ0n) is 18.0. The third-order valence-corrected chi connectivity index (χ3v) is 9.35. The molecule has 1 aliphatic carbocycles. The molecule has 4 fully saturated rings. The summed E-state index contributed by atoms with van der Waals surface area (Å²) in [6.07, 6.45) is 6.63. The van der Waals surface area contributed by atoms with Gasteiger partial charge in [-0.25, -0.2) is 0 Å². The van der Waals surface area contributed by atoms with E-state index in [0.29, 0.717) is 24.5 Å². The molecule has 32 heavy (non-hydrogen) atoms. The Morgan fingerprint density at radius 2 is 1.91 bits per heavy atom. The Kier molecular flexibility index (Phi) is 3.34. The van der Waals surface area contributed by atoms with Gasteiger partial charge in [-0.3, -0.25) is 9.69 Å². The van der Waals surface area contributed by atoms with Crippen molar-refractivity contribution >= 4 is 17.7 Å². The molecule has 1 amide bonds. The summed E-state index contributed by atoms with van der Waals surface area (Å²) in [5.41, 5.74) is 6.04. The fourth-order valence-electron chi connectivity index (χ4n) is 8.31. The number of amides is 1. The molecule has 2 aromatic rings. The van der Waals surface area contributed by atoms with Gasteiger partial charge in [0.15, 0.2) is 0 Å². The molecule has 5 aliphatic heterocycles. The van der Waals surface area contributed by atoms with Gasteiger partial charge in [0.25, 0.3) is 5.91 Å². The van der Waals surface area contributed by atoms with Crippen molar-refractivity contribution in [1.82, 2.24) is 4.90 Å². The molecule has 8 rings (SSSR count). The van der Waals surface area contributed by atoms with E-state index in [4.69, 9.17) is 4.74 Å². The highest BCUT2D eigenvalue weighted by atomic mass is 16.5. The van der Waals surface area contributed by atoms with Gasteiger partial charge in [-0.2, -0.15) is 0 Å². The van der Waals surface area contributed by atoms with Crippen molar-refractivity contribution in [3.63, 3.8) is 0 Å². The van der Waals surface area contributed by atoms with Crippen molar-refractivity contribution in [2.75, 3.05) is 24.6 Å². The van der Waals surface area contributed by atoms with Crippen molar-refractivity contribution in [3.8, 4) is 0 Å². The molecule has 4 nitrogen and oxygen atoms in total. The third-order valence-electron chi connectivity index (χ3n) is 9.35. The Morgan fingerprint density at radius 1 is 1.06 bits per heavy atom. The summed E-state index contributed by atoms with van der Waals surface area (Å²) in [6.45, 7) is 2.81. The zero-order chi connectivity index (χ0) is 21.0. The van der Waals surface area contributed by atoms with Crippen molar-refractivity contribution in [2.24, 2.45) is 11.8 Å². The summed E-state index contributed by atoms with van der Waals surface area (Å²) in [5, 5.41) is 0. The monoisotopic (exact) mass is 422 g/mol. The van der Waals surface area contributed by atoms with E-state index in [1.807, 2.05) is 18.2 Å². The molecule has 4 heteroatoms. The first kappa shape index (κ1) is 17.8. The number of nitrogens with zero attached hydrogens (tertiary/aromatic N) is 2. The number of hydrogen-bond donors (Lipinski definition) is 0. The normalized spacial score (nSPS) is 39.7. The summed E-state index contributed by atoms with van der Waals surface area (Å²) >= 11 is 0. The molecular formula is C28H26N2O2. The number of carbonyl (C=O) groups excluding carboxylic acids is 1. The second-order valence-electron chi connectivity index (χ2n) is 10.4. The number of anilines is 1. The molecule has 0 radical (unpaired) electrons. The lowest BCUT2D eigenvalue weighted by molar-refractivity contribution is -0.123. The molecular weight excluding hydrogens is 396 g/mol. The van der Waals surface area contributed by atoms with E-state index in [1.54, 1.807) is 5.57 Å². The van der Waals surface area contributed by atoms with Gasteiger partial charge in [0.1, 0.15) is 0 Å². The van der Waals surface area contributed by atoms with Crippen molar-refractivity contribution < 1.29 is 9.53 Å². The van der Waals surface area contributed by atoms with Gasteiger partial charge in [0.2, 0.25) is 0 Å². The van der Waals surface area contributed by atoms with Crippen molar-refractivity contribution in [1.29, 1.82) is 0 Å². The lowest BCUT2D eigenvalue weighted by Gasteiger charge is -2.59. The van der Waals surface area contributed by atoms with Crippen LogP contribution in [0.15, 0.2) is 71.8 Å². The maximum absolute atomic E-state index is 14.2. The van der Waals surface area contributed by atoms with Crippen LogP contribution in [0.25, 0.3) is 6.08 Å². The Bertz CT molecular complexity index is 1220. The van der Waals surface area contributed by atoms with Gasteiger partial charge < -0.3 is 9.64 Å². The van der Waals surface area contributed by atoms with E-state index >= 15 is 0 Å². The third kappa shape index (κ3) is 1.96. The lowest BCUT2D eigenvalue weighted by Crippen LogP contribution is -2.69. The number of rotatable bonds is 1. The van der Waals surface area contributed by atoms with Crippen LogP contribution in [0.2, 0.25) is 0 Å². The SMILES string of the molecule is O=C1/C(=C/c2ccccc2)[C@@H]2OCC=C3CN4CC[C@]56c7ccccc7N1[C@@H]5[C@H]2[C@@H]3C[C@@H]46. The van der Waals surface area contributed by atoms with E-state index in [2.05, 4.69) is 58.4 Å². The Labute approximate surface area is 188 Å². The van der Waals surface area contributed by atoms with Gasteiger partial charge in [0.05, 0.1) is 18.8 Å². The number of carbonyl (C=O) groups is 1. The molecule has 160 valence electrons. The highest BCUT2D eigenvalue weighted by molar-refractivity contribution is 6.12. The average Bonchev–Trinajstić information content (AvgIpc) is 3.29. The minimum atomic E-state index is -0.137. The fourth-order valence-corrected chi connectivity index (χ4v) is 8.31. The molecule has 0 N–H and O–H groups in total. The maximum atomic E-state index is 14.2. The number of benzene rings is 2. The molecule has 3 saturated heterocycles. The second-order valence-corrected chi connectivity index (χ2v) is 10.4. The van der Waals surface area contributed by atoms with E-state index in [9.17, 15) is 4.79 Å². The number of hydrogen-bond acceptors (Lipinski definition) is 3. The molecule has 1 spiro atoms. The van der Waals surface area contributed by atoms with Gasteiger partial charge in [0, 0.05) is 35.2 Å². The van der Waals surface area contributed by atoms with Crippen LogP contribution in [-0.2, 0) is 14.9 Å². The van der Waals surface area contributed by atoms with Crippen molar-refractivity contribution in [3.05, 3.63) is 82.9 Å². The fraction of sp³-hybridized carbons (Fsp3) is 0.393. The number of para-hydroxylation sites is 1. The Morgan fingerprint density at radius 3 is 2.81 bits per heavy atom. The van der Waals surface area contributed by atoms with Gasteiger partial charge in [-0.1, -0.05) is 60.2 Å². The summed E-state index contributed by atoms with van der Waals surface area (Å²) in [5.74, 6) is 0.968. The summed E-state index contributed by atoms with van der Waals surface area (Å²) in [7, 11) is 0. The highest BCUT2D eigenvalue weighted by Gasteiger charge is 2.71. The van der Waals surface area contributed by atoms with Crippen molar-refractivity contribution in [2.45, 2.75) is 36.4 Å². The predicted octanol–water partition coefficient (Wildman–Crippen LogP) is 3.79. The lowest BCUT2D eigenvalue weighted by atomic mass is 9.53. The van der Waals surface area contributed by atoms with Crippen LogP contribution in [0.4, 0.5) is 5.69 Å². The average molecular weight is 423 g/mol. The Balaban J connectivity index is 1.40. The van der Waals surface area contributed by atoms with Crippen LogP contribution in [0.1, 0.15) is 24.0 Å². The van der Waals surface area contributed by atoms with Gasteiger partial charge >= 0.3 is 0 Å². The first-order chi connectivity index (χ1) is 15.8. The first-order valence-corrected chi connectivity index (χ1v) is 12.0. The number of fused-ring (bicyclic) bond motifs is 2. The van der Waals surface area contributed by atoms with Crippen LogP contribution >= 0.6 is 0 Å². The minimum absolute atomic E-state index is 0.0448. The van der Waals surface area contributed by atoms with Crippen LogP contribution in [0, 0.1) is 11.8 Å². The molecule has 6 atom stereocenters. The summed E-state index contributed by atoms with van der Waals surface area (Å²) in [6, 6.07) is 19.7. The van der Waals surface area contributed by atoms with Gasteiger partial charge in [-0.15, -0.1) is 0 Å². The van der Waals surface area contributed by atoms with Crippen LogP contribution in [-0.4, -0.2) is 48.7 Å². The summed E-state index contributed by atoms with van der Waals surface area (Å²) < 4.78 is 6.57. The van der Waals surface area contributed by atoms with E-state index < -0.39 is 0 Å². The van der Waals surface area contributed by atoms with Crippen LogP contribution < -0.4 is 4.90 Å². The number of ether oxygens (including phenoxy) is 1. The predicted molar refractivity (Wildman–Crippen MR) is 123 cm³/mol. The largest absolute Gasteiger partial charge is 0.369 e. The molecule has 0 unspecified atom stereocenters. The molecule has 2 bridgehead atoms. The second kappa shape index (κ2) is 6.00. The molecule has 0 aromatic heterocycles. The van der Waals surface area contributed by atoms with Crippen LogP contribution in [0.3, 0.4) is 0 Å². The van der Waals surface area contributed by atoms with E-state index in [1.165, 1.54) is 12.0 Å². The van der Waals surface area contributed by atoms with Gasteiger partial charge in [-0.05, 0) is 48.6 Å². The standard InChI is InChI=1S/C28H26N2O2/c31-27-20(14-17-6-2-1-3-7-17)25-24-19-15-23-28(11-12-29(23)16-18(19)10-13-32-25)21-8-4-5-9-22(21)30(27)26(24)28/h1-10,14,19,23-26H,11-13,15-16H2/b20-14+/t19-,23-,24+,25+,26-,28-/m1/s1.